The molecule has 0 spiro atoms. The summed E-state index contributed by atoms with van der Waals surface area (Å²) in [7, 11) is 0. The van der Waals surface area contributed by atoms with Crippen LogP contribution >= 0.6 is 0 Å². The molecule has 0 amide bonds. The summed E-state index contributed by atoms with van der Waals surface area (Å²) in [6, 6.07) is 74.4. The number of benzene rings is 9. The van der Waals surface area contributed by atoms with E-state index in [0.717, 1.165) is 39.5 Å². The van der Waals surface area contributed by atoms with Crippen molar-refractivity contribution in [1.29, 1.82) is 0 Å². The van der Waals surface area contributed by atoms with E-state index in [4.69, 9.17) is 4.74 Å². The minimum absolute atomic E-state index is 0.873. The number of rotatable bonds is 5. The first kappa shape index (κ1) is 31.7. The second-order valence-electron chi connectivity index (χ2n) is 14.9. The lowest BCUT2D eigenvalue weighted by atomic mass is 9.98. The Balaban J connectivity index is 0.920. The fourth-order valence-electron chi connectivity index (χ4n) is 8.98. The Kier molecular flexibility index (Phi) is 6.93. The molecular weight excluding hydrogens is 693 g/mol. The van der Waals surface area contributed by atoms with Crippen LogP contribution < -0.4 is 4.74 Å². The van der Waals surface area contributed by atoms with Crippen molar-refractivity contribution < 1.29 is 4.74 Å². The van der Waals surface area contributed by atoms with Gasteiger partial charge >= 0.3 is 0 Å². The van der Waals surface area contributed by atoms with Gasteiger partial charge in [0.1, 0.15) is 0 Å². The molecule has 0 bridgehead atoms. The molecule has 0 N–H and O–H groups in total. The van der Waals surface area contributed by atoms with Gasteiger partial charge in [0.15, 0.2) is 11.5 Å². The second-order valence-corrected chi connectivity index (χ2v) is 14.9. The number of aromatic nitrogens is 2. The third-order valence-corrected chi connectivity index (χ3v) is 11.7. The summed E-state index contributed by atoms with van der Waals surface area (Å²) in [6.45, 7) is 0. The summed E-state index contributed by atoms with van der Waals surface area (Å²) in [5.41, 5.74) is 16.4. The fourth-order valence-corrected chi connectivity index (χ4v) is 8.98. The second kappa shape index (κ2) is 12.5. The highest BCUT2D eigenvalue weighted by atomic mass is 16.5. The average Bonchev–Trinajstić information content (AvgIpc) is 3.80. The molecule has 1 aliphatic rings. The predicted molar refractivity (Wildman–Crippen MR) is 237 cm³/mol. The Morgan fingerprint density at radius 1 is 0.281 bits per heavy atom. The van der Waals surface area contributed by atoms with Crippen molar-refractivity contribution in [3.05, 3.63) is 206 Å². The van der Waals surface area contributed by atoms with Gasteiger partial charge in [-0.25, -0.2) is 0 Å². The first-order valence-electron chi connectivity index (χ1n) is 19.5. The van der Waals surface area contributed by atoms with Crippen molar-refractivity contribution in [2.45, 2.75) is 0 Å². The van der Waals surface area contributed by atoms with E-state index in [1.54, 1.807) is 0 Å². The van der Waals surface area contributed by atoms with Gasteiger partial charge in [0.2, 0.25) is 0 Å². The molecule has 0 aliphatic carbocycles. The van der Waals surface area contributed by atoms with E-state index in [1.165, 1.54) is 71.5 Å². The monoisotopic (exact) mass is 726 g/mol. The minimum Gasteiger partial charge on any atom is -0.453 e. The number of fused-ring (bicyclic) bond motifs is 8. The molecule has 57 heavy (non-hydrogen) atoms. The first-order valence-corrected chi connectivity index (χ1v) is 19.5. The highest BCUT2D eigenvalue weighted by Gasteiger charge is 2.24. The normalized spacial score (nSPS) is 12.0. The maximum atomic E-state index is 6.56. The van der Waals surface area contributed by atoms with Gasteiger partial charge in [0.05, 0.1) is 27.8 Å². The van der Waals surface area contributed by atoms with Crippen molar-refractivity contribution in [3.63, 3.8) is 0 Å². The molecule has 0 radical (unpaired) electrons. The third kappa shape index (κ3) is 4.99. The zero-order valence-corrected chi connectivity index (χ0v) is 30.9. The van der Waals surface area contributed by atoms with Crippen molar-refractivity contribution in [3.8, 4) is 67.4 Å². The van der Waals surface area contributed by atoms with Crippen LogP contribution in [-0.4, -0.2) is 9.13 Å². The zero-order valence-electron chi connectivity index (χ0n) is 30.9. The maximum absolute atomic E-state index is 6.56. The Morgan fingerprint density at radius 2 is 0.754 bits per heavy atom. The molecule has 3 heteroatoms. The molecule has 1 aliphatic heterocycles. The number of ether oxygens (including phenoxy) is 1. The topological polar surface area (TPSA) is 19.1 Å². The molecule has 0 saturated carbocycles. The summed E-state index contributed by atoms with van der Waals surface area (Å²) >= 11 is 0. The molecule has 0 fully saturated rings. The van der Waals surface area contributed by atoms with Gasteiger partial charge in [0, 0.05) is 27.2 Å². The van der Waals surface area contributed by atoms with Crippen molar-refractivity contribution >= 4 is 43.6 Å². The third-order valence-electron chi connectivity index (χ3n) is 11.7. The van der Waals surface area contributed by atoms with E-state index in [2.05, 4.69) is 209 Å². The molecule has 12 rings (SSSR count). The predicted octanol–water partition coefficient (Wildman–Crippen LogP) is 14.7. The Morgan fingerprint density at radius 3 is 1.40 bits per heavy atom. The highest BCUT2D eigenvalue weighted by molar-refractivity contribution is 6.14. The molecule has 2 aromatic heterocycles. The van der Waals surface area contributed by atoms with Gasteiger partial charge in [-0.2, -0.15) is 0 Å². The highest BCUT2D eigenvalue weighted by Crippen LogP contribution is 2.47. The van der Waals surface area contributed by atoms with Crippen molar-refractivity contribution in [2.75, 3.05) is 0 Å². The first-order chi connectivity index (χ1) is 28.2. The van der Waals surface area contributed by atoms with Gasteiger partial charge < -0.3 is 13.9 Å². The Hall–Kier alpha value is -7.62. The molecule has 0 unspecified atom stereocenters. The standard InChI is InChI=1S/C54H34N2O/c1-3-11-35(12-4-1)40-25-29-49-45(31-40)46-32-41(36-13-5-2-6-14-36)26-30-50(46)55(49)43-27-23-38(24-28-43)37-19-21-39(22-20-37)42-33-47-44-15-7-8-16-48(44)56-51-17-9-10-18-52(51)57-53(34-42)54(47)56/h1-34H. The van der Waals surface area contributed by atoms with Crippen LogP contribution in [0.3, 0.4) is 0 Å². The number of hydrogen-bond acceptors (Lipinski definition) is 1. The van der Waals surface area contributed by atoms with E-state index in [9.17, 15) is 0 Å². The van der Waals surface area contributed by atoms with Gasteiger partial charge in [-0.3, -0.25) is 0 Å². The van der Waals surface area contributed by atoms with E-state index in [1.807, 2.05) is 6.07 Å². The molecular formula is C54H34N2O. The van der Waals surface area contributed by atoms with E-state index < -0.39 is 0 Å². The van der Waals surface area contributed by atoms with Crippen LogP contribution in [-0.2, 0) is 0 Å². The number of hydrogen-bond donors (Lipinski definition) is 0. The lowest BCUT2D eigenvalue weighted by molar-refractivity contribution is 0.476. The van der Waals surface area contributed by atoms with Crippen LogP contribution in [0.1, 0.15) is 0 Å². The van der Waals surface area contributed by atoms with Crippen LogP contribution in [0.5, 0.6) is 11.5 Å². The zero-order chi connectivity index (χ0) is 37.5. The van der Waals surface area contributed by atoms with E-state index >= 15 is 0 Å². The van der Waals surface area contributed by atoms with Gasteiger partial charge in [-0.15, -0.1) is 0 Å². The maximum Gasteiger partial charge on any atom is 0.152 e. The number of para-hydroxylation sites is 3. The van der Waals surface area contributed by atoms with Crippen molar-refractivity contribution in [2.24, 2.45) is 0 Å². The Labute approximate surface area is 329 Å². The lowest BCUT2D eigenvalue weighted by Crippen LogP contribution is -2.03. The summed E-state index contributed by atoms with van der Waals surface area (Å²) < 4.78 is 11.3. The smallest absolute Gasteiger partial charge is 0.152 e. The Bertz CT molecular complexity index is 3240. The van der Waals surface area contributed by atoms with Crippen LogP contribution in [0, 0.1) is 0 Å². The van der Waals surface area contributed by atoms with Gasteiger partial charge in [-0.1, -0.05) is 140 Å². The molecule has 3 nitrogen and oxygen atoms in total. The van der Waals surface area contributed by atoms with Crippen LogP contribution in [0.15, 0.2) is 206 Å². The molecule has 11 aromatic rings. The molecule has 3 heterocycles. The van der Waals surface area contributed by atoms with Crippen LogP contribution in [0.4, 0.5) is 0 Å². The SMILES string of the molecule is c1ccc(-c2ccc3c(c2)c2cc(-c4ccccc4)ccc2n3-c2ccc(-c3ccc(-c4cc5c6c(c4)c4ccccc4n6-c4ccccc4O5)cc3)cc2)cc1. The van der Waals surface area contributed by atoms with Gasteiger partial charge in [0.25, 0.3) is 0 Å². The molecule has 0 atom stereocenters. The molecule has 9 aromatic carbocycles. The lowest BCUT2D eigenvalue weighted by Gasteiger charge is -2.21. The summed E-state index contributed by atoms with van der Waals surface area (Å²) in [6.07, 6.45) is 0. The van der Waals surface area contributed by atoms with Crippen molar-refractivity contribution in [1.82, 2.24) is 9.13 Å². The van der Waals surface area contributed by atoms with E-state index in [0.29, 0.717) is 0 Å². The average molecular weight is 727 g/mol. The van der Waals surface area contributed by atoms with Gasteiger partial charge in [-0.05, 0) is 111 Å². The quantitative estimate of drug-likeness (QED) is 0.173. The minimum atomic E-state index is 0.873. The summed E-state index contributed by atoms with van der Waals surface area (Å²) in [5.74, 6) is 1.76. The molecule has 266 valence electrons. The largest absolute Gasteiger partial charge is 0.453 e. The van der Waals surface area contributed by atoms with Crippen LogP contribution in [0.2, 0.25) is 0 Å². The summed E-state index contributed by atoms with van der Waals surface area (Å²) in [5, 5.41) is 4.92. The fraction of sp³-hybridized carbons (Fsp3) is 0. The number of nitrogens with zero attached hydrogens (tertiary/aromatic N) is 2. The summed E-state index contributed by atoms with van der Waals surface area (Å²) in [4.78, 5) is 0. The van der Waals surface area contributed by atoms with Crippen LogP contribution in [0.25, 0.3) is 99.5 Å². The van der Waals surface area contributed by atoms with E-state index in [-0.39, 0.29) is 0 Å². The molecule has 0 saturated heterocycles.